The Bertz CT molecular complexity index is 1160. The van der Waals surface area contributed by atoms with E-state index >= 15 is 0 Å². The zero-order chi connectivity index (χ0) is 21.3. The average molecular weight is 406 g/mol. The van der Waals surface area contributed by atoms with Crippen molar-refractivity contribution in [3.63, 3.8) is 0 Å². The summed E-state index contributed by atoms with van der Waals surface area (Å²) in [4.78, 5) is 9.02. The van der Waals surface area contributed by atoms with Crippen LogP contribution in [0, 0.1) is 0 Å². The number of hydrogen-bond acceptors (Lipinski definition) is 7. The van der Waals surface area contributed by atoms with Crippen LogP contribution in [0.25, 0.3) is 22.5 Å². The largest absolute Gasteiger partial charge is 0.390 e. The van der Waals surface area contributed by atoms with Gasteiger partial charge in [0.1, 0.15) is 5.69 Å². The number of aliphatic hydroxyl groups is 1. The summed E-state index contributed by atoms with van der Waals surface area (Å²) in [7, 11) is 0. The van der Waals surface area contributed by atoms with Crippen molar-refractivity contribution < 1.29 is 5.11 Å². The molecule has 30 heavy (non-hydrogen) atoms. The average Bonchev–Trinajstić information content (AvgIpc) is 3.34. The Hall–Kier alpha value is -3.33. The molecule has 0 bridgehead atoms. The molecule has 0 aliphatic carbocycles. The van der Waals surface area contributed by atoms with Crippen molar-refractivity contribution in [1.29, 1.82) is 0 Å². The zero-order valence-electron chi connectivity index (χ0n) is 17.6. The van der Waals surface area contributed by atoms with Gasteiger partial charge in [-0.1, -0.05) is 12.1 Å². The molecule has 4 aromatic heterocycles. The first-order valence-corrected chi connectivity index (χ1v) is 10.1. The highest BCUT2D eigenvalue weighted by atomic mass is 16.3. The van der Waals surface area contributed by atoms with Gasteiger partial charge in [-0.25, -0.2) is 14.6 Å². The number of hydrogen-bond donors (Lipinski definition) is 2. The first-order chi connectivity index (χ1) is 14.4. The van der Waals surface area contributed by atoms with E-state index in [1.54, 1.807) is 34.9 Å². The molecule has 1 unspecified atom stereocenters. The van der Waals surface area contributed by atoms with Gasteiger partial charge in [-0.15, -0.1) is 5.10 Å². The molecule has 0 fully saturated rings. The maximum atomic E-state index is 10.3. The van der Waals surface area contributed by atoms with Gasteiger partial charge >= 0.3 is 0 Å². The number of nitrogens with zero attached hydrogens (tertiary/aromatic N) is 7. The Morgan fingerprint density at radius 1 is 1.23 bits per heavy atom. The van der Waals surface area contributed by atoms with Crippen LogP contribution in [0.5, 0.6) is 0 Å². The van der Waals surface area contributed by atoms with Crippen LogP contribution in [0.4, 0.5) is 5.69 Å². The Kier molecular flexibility index (Phi) is 5.21. The second-order valence-corrected chi connectivity index (χ2v) is 8.01. The number of pyridine rings is 2. The second kappa shape index (κ2) is 7.83. The number of aromatic nitrogens is 7. The zero-order valence-corrected chi connectivity index (χ0v) is 17.6. The standard InChI is InChI=1S/C21H26N8O/c1-5-21(4,30)10-16-13-28(27-26-16)18-12-23-19(9-17(18)25-14(2)3)29-20-15(11-24-29)7-6-8-22-20/h6-9,11-14,30H,5,10H2,1-4H3,(H,23,25). The molecule has 156 valence electrons. The molecule has 2 N–H and O–H groups in total. The van der Waals surface area contributed by atoms with Gasteiger partial charge < -0.3 is 10.4 Å². The van der Waals surface area contributed by atoms with Crippen LogP contribution in [0.2, 0.25) is 0 Å². The molecular formula is C21H26N8O. The van der Waals surface area contributed by atoms with E-state index in [1.807, 2.05) is 31.3 Å². The summed E-state index contributed by atoms with van der Waals surface area (Å²) in [6.45, 7) is 7.89. The quantitative estimate of drug-likeness (QED) is 0.486. The molecule has 0 spiro atoms. The van der Waals surface area contributed by atoms with Crippen molar-refractivity contribution >= 4 is 16.7 Å². The molecule has 4 rings (SSSR count). The number of rotatable bonds is 7. The highest BCUT2D eigenvalue weighted by molar-refractivity contribution is 5.76. The van der Waals surface area contributed by atoms with Gasteiger partial charge in [-0.2, -0.15) is 9.78 Å². The Morgan fingerprint density at radius 2 is 2.07 bits per heavy atom. The monoisotopic (exact) mass is 406 g/mol. The van der Waals surface area contributed by atoms with E-state index in [4.69, 9.17) is 0 Å². The second-order valence-electron chi connectivity index (χ2n) is 8.01. The highest BCUT2D eigenvalue weighted by Crippen LogP contribution is 2.24. The predicted molar refractivity (Wildman–Crippen MR) is 115 cm³/mol. The molecule has 0 radical (unpaired) electrons. The highest BCUT2D eigenvalue weighted by Gasteiger charge is 2.21. The molecule has 9 heteroatoms. The van der Waals surface area contributed by atoms with Crippen molar-refractivity contribution in [2.75, 3.05) is 5.32 Å². The van der Waals surface area contributed by atoms with Gasteiger partial charge in [-0.3, -0.25) is 0 Å². The predicted octanol–water partition coefficient (Wildman–Crippen LogP) is 2.92. The molecule has 0 saturated carbocycles. The molecule has 0 amide bonds. The Labute approximate surface area is 174 Å². The van der Waals surface area contributed by atoms with E-state index in [2.05, 4.69) is 44.5 Å². The first-order valence-electron chi connectivity index (χ1n) is 10.1. The lowest BCUT2D eigenvalue weighted by Crippen LogP contribution is -2.25. The third-order valence-corrected chi connectivity index (χ3v) is 4.97. The minimum absolute atomic E-state index is 0.204. The molecule has 0 saturated heterocycles. The Balaban J connectivity index is 1.73. The molecule has 4 heterocycles. The van der Waals surface area contributed by atoms with Gasteiger partial charge in [0, 0.05) is 30.1 Å². The van der Waals surface area contributed by atoms with E-state index in [0.717, 1.165) is 28.1 Å². The lowest BCUT2D eigenvalue weighted by atomic mass is 9.98. The van der Waals surface area contributed by atoms with E-state index < -0.39 is 5.60 Å². The molecule has 9 nitrogen and oxygen atoms in total. The fourth-order valence-corrected chi connectivity index (χ4v) is 3.20. The molecule has 0 aromatic carbocycles. The van der Waals surface area contributed by atoms with Crippen molar-refractivity contribution in [3.05, 3.63) is 48.7 Å². The topological polar surface area (TPSA) is 107 Å². The summed E-state index contributed by atoms with van der Waals surface area (Å²) < 4.78 is 3.40. The van der Waals surface area contributed by atoms with Gasteiger partial charge in [0.05, 0.1) is 35.6 Å². The molecule has 0 aliphatic rings. The summed E-state index contributed by atoms with van der Waals surface area (Å²) >= 11 is 0. The lowest BCUT2D eigenvalue weighted by molar-refractivity contribution is 0.0554. The minimum Gasteiger partial charge on any atom is -0.390 e. The number of anilines is 1. The maximum Gasteiger partial charge on any atom is 0.164 e. The van der Waals surface area contributed by atoms with Gasteiger partial charge in [-0.05, 0) is 39.3 Å². The molecule has 0 aliphatic heterocycles. The molecule has 1 atom stereocenters. The fourth-order valence-electron chi connectivity index (χ4n) is 3.20. The fraction of sp³-hybridized carbons (Fsp3) is 0.381. The maximum absolute atomic E-state index is 10.3. The van der Waals surface area contributed by atoms with E-state index in [-0.39, 0.29) is 6.04 Å². The van der Waals surface area contributed by atoms with Crippen molar-refractivity contribution in [2.45, 2.75) is 52.2 Å². The summed E-state index contributed by atoms with van der Waals surface area (Å²) in [6.07, 6.45) is 8.17. The van der Waals surface area contributed by atoms with E-state index in [9.17, 15) is 5.11 Å². The van der Waals surface area contributed by atoms with Crippen LogP contribution in [-0.2, 0) is 6.42 Å². The SMILES string of the molecule is CCC(C)(O)Cc1cn(-c2cnc(-n3ncc4cccnc43)cc2NC(C)C)nn1. The van der Waals surface area contributed by atoms with Crippen LogP contribution < -0.4 is 5.32 Å². The lowest BCUT2D eigenvalue weighted by Gasteiger charge is -2.19. The van der Waals surface area contributed by atoms with Crippen LogP contribution in [-0.4, -0.2) is 51.5 Å². The number of nitrogens with one attached hydrogen (secondary N) is 1. The van der Waals surface area contributed by atoms with Crippen molar-refractivity contribution in [3.8, 4) is 11.5 Å². The van der Waals surface area contributed by atoms with Crippen molar-refractivity contribution in [2.24, 2.45) is 0 Å². The molecule has 4 aromatic rings. The summed E-state index contributed by atoms with van der Waals surface area (Å²) in [5.41, 5.74) is 2.29. The van der Waals surface area contributed by atoms with Crippen LogP contribution in [0.3, 0.4) is 0 Å². The summed E-state index contributed by atoms with van der Waals surface area (Å²) in [5.74, 6) is 0.657. The number of fused-ring (bicyclic) bond motifs is 1. The smallest absolute Gasteiger partial charge is 0.164 e. The minimum atomic E-state index is -0.809. The van der Waals surface area contributed by atoms with Crippen LogP contribution in [0.1, 0.15) is 39.8 Å². The van der Waals surface area contributed by atoms with Gasteiger partial charge in [0.15, 0.2) is 11.5 Å². The molecular weight excluding hydrogens is 380 g/mol. The normalized spacial score (nSPS) is 13.7. The Morgan fingerprint density at radius 3 is 2.83 bits per heavy atom. The van der Waals surface area contributed by atoms with Crippen molar-refractivity contribution in [1.82, 2.24) is 34.7 Å². The third-order valence-electron chi connectivity index (χ3n) is 4.97. The van der Waals surface area contributed by atoms with Gasteiger partial charge in [0.25, 0.3) is 0 Å². The van der Waals surface area contributed by atoms with Crippen LogP contribution in [0.15, 0.2) is 43.0 Å². The third kappa shape index (κ3) is 4.02. The first kappa shape index (κ1) is 20.0. The van der Waals surface area contributed by atoms with E-state index in [0.29, 0.717) is 18.7 Å². The van der Waals surface area contributed by atoms with E-state index in [1.165, 1.54) is 0 Å². The van der Waals surface area contributed by atoms with Gasteiger partial charge in [0.2, 0.25) is 0 Å². The summed E-state index contributed by atoms with van der Waals surface area (Å²) in [6, 6.07) is 5.99. The summed E-state index contributed by atoms with van der Waals surface area (Å²) in [5, 5.41) is 27.7. The van der Waals surface area contributed by atoms with Crippen LogP contribution >= 0.6 is 0 Å².